The van der Waals surface area contributed by atoms with E-state index in [0.717, 1.165) is 0 Å². The van der Waals surface area contributed by atoms with Gasteiger partial charge in [-0.1, -0.05) is 11.6 Å². The van der Waals surface area contributed by atoms with Gasteiger partial charge in [0.1, 0.15) is 6.10 Å². The first-order valence-electron chi connectivity index (χ1n) is 2.66. The van der Waals surface area contributed by atoms with Gasteiger partial charge in [0.2, 0.25) is 5.13 Å². The Bertz CT molecular complexity index is 94.4. The van der Waals surface area contributed by atoms with Crippen LogP contribution in [0.25, 0.3) is 0 Å². The quantitative estimate of drug-likeness (QED) is 0.528. The zero-order valence-corrected chi connectivity index (χ0v) is 5.41. The minimum atomic E-state index is -1.53. The fraction of sp³-hybridized carbons (Fsp3) is 1.00. The minimum Gasteiger partial charge on any atom is -0.374 e. The molecule has 3 heteroatoms. The number of alkyl halides is 2. The monoisotopic (exact) mass is 138 g/mol. The summed E-state index contributed by atoms with van der Waals surface area (Å²) in [7, 11) is 0. The van der Waals surface area contributed by atoms with Gasteiger partial charge >= 0.3 is 0 Å². The van der Waals surface area contributed by atoms with Crippen molar-refractivity contribution in [3.63, 3.8) is 0 Å². The van der Waals surface area contributed by atoms with E-state index < -0.39 is 5.13 Å². The molecule has 0 aromatic carbocycles. The second-order valence-electron chi connectivity index (χ2n) is 1.91. The molecule has 0 spiro atoms. The van der Waals surface area contributed by atoms with E-state index in [4.69, 9.17) is 16.3 Å². The molecule has 0 aromatic rings. The predicted octanol–water partition coefficient (Wildman–Crippen LogP) is 1.70. The number of halogens is 2. The smallest absolute Gasteiger partial charge is 0.212 e. The minimum absolute atomic E-state index is 0.339. The van der Waals surface area contributed by atoms with Crippen molar-refractivity contribution in [1.82, 2.24) is 0 Å². The van der Waals surface area contributed by atoms with Crippen LogP contribution in [0.2, 0.25) is 0 Å². The van der Waals surface area contributed by atoms with Crippen molar-refractivity contribution in [2.45, 2.75) is 24.6 Å². The third-order valence-corrected chi connectivity index (χ3v) is 1.53. The first-order chi connectivity index (χ1) is 3.67. The zero-order chi connectivity index (χ0) is 6.20. The summed E-state index contributed by atoms with van der Waals surface area (Å²) < 4.78 is 17.2. The van der Waals surface area contributed by atoms with Crippen molar-refractivity contribution < 1.29 is 9.13 Å². The molecule has 1 saturated carbocycles. The van der Waals surface area contributed by atoms with Crippen molar-refractivity contribution in [3.8, 4) is 0 Å². The number of rotatable bonds is 2. The fourth-order valence-electron chi connectivity index (χ4n) is 0.570. The van der Waals surface area contributed by atoms with E-state index in [1.807, 2.05) is 6.92 Å². The van der Waals surface area contributed by atoms with E-state index in [2.05, 4.69) is 0 Å². The predicted molar refractivity (Wildman–Crippen MR) is 29.7 cm³/mol. The maximum atomic E-state index is 12.3. The lowest BCUT2D eigenvalue weighted by atomic mass is 10.8. The van der Waals surface area contributed by atoms with Gasteiger partial charge < -0.3 is 4.74 Å². The highest BCUT2D eigenvalue weighted by Gasteiger charge is 2.55. The maximum absolute atomic E-state index is 12.3. The normalized spacial score (nSPS) is 44.6. The Kier molecular flexibility index (Phi) is 1.46. The fourth-order valence-corrected chi connectivity index (χ4v) is 0.773. The Morgan fingerprint density at radius 1 is 2.00 bits per heavy atom. The lowest BCUT2D eigenvalue weighted by Crippen LogP contribution is -2.01. The molecule has 2 unspecified atom stereocenters. The summed E-state index contributed by atoms with van der Waals surface area (Å²) in [4.78, 5) is 0. The molecule has 1 rings (SSSR count). The van der Waals surface area contributed by atoms with Gasteiger partial charge in [0.25, 0.3) is 0 Å². The zero-order valence-electron chi connectivity index (χ0n) is 4.66. The summed E-state index contributed by atoms with van der Waals surface area (Å²) in [6.07, 6.45) is 0.0109. The van der Waals surface area contributed by atoms with Crippen LogP contribution < -0.4 is 0 Å². The van der Waals surface area contributed by atoms with Crippen molar-refractivity contribution in [2.24, 2.45) is 0 Å². The van der Waals surface area contributed by atoms with Gasteiger partial charge in [0, 0.05) is 13.0 Å². The first-order valence-corrected chi connectivity index (χ1v) is 3.04. The van der Waals surface area contributed by atoms with Crippen molar-refractivity contribution in [2.75, 3.05) is 6.61 Å². The Hall–Kier alpha value is 0.180. The van der Waals surface area contributed by atoms with Gasteiger partial charge in [0.15, 0.2) is 0 Å². The molecule has 0 bridgehead atoms. The van der Waals surface area contributed by atoms with Crippen LogP contribution in [0, 0.1) is 0 Å². The SMILES string of the molecule is CCOC1CC1(F)Cl. The molecular weight excluding hydrogens is 131 g/mol. The van der Waals surface area contributed by atoms with Crippen LogP contribution >= 0.6 is 11.6 Å². The highest BCUT2D eigenvalue weighted by atomic mass is 35.5. The first kappa shape index (κ1) is 6.30. The summed E-state index contributed by atoms with van der Waals surface area (Å²) in [6.45, 7) is 2.37. The third kappa shape index (κ3) is 1.12. The number of ether oxygens (including phenoxy) is 1. The standard InChI is InChI=1S/C5H8ClFO/c1-2-8-4-3-5(4,6)7/h4H,2-3H2,1H3. The average molecular weight is 139 g/mol. The second-order valence-corrected chi connectivity index (χ2v) is 2.54. The van der Waals surface area contributed by atoms with E-state index in [1.54, 1.807) is 0 Å². The van der Waals surface area contributed by atoms with Gasteiger partial charge in [-0.25, -0.2) is 4.39 Å². The van der Waals surface area contributed by atoms with E-state index in [9.17, 15) is 4.39 Å². The van der Waals surface area contributed by atoms with E-state index in [-0.39, 0.29) is 6.10 Å². The summed E-state index contributed by atoms with van der Waals surface area (Å²) in [5.41, 5.74) is 0. The largest absolute Gasteiger partial charge is 0.374 e. The Morgan fingerprint density at radius 3 is 2.62 bits per heavy atom. The molecule has 8 heavy (non-hydrogen) atoms. The molecule has 0 heterocycles. The van der Waals surface area contributed by atoms with Crippen LogP contribution in [-0.4, -0.2) is 17.8 Å². The number of hydrogen-bond acceptors (Lipinski definition) is 1. The van der Waals surface area contributed by atoms with Gasteiger partial charge in [0.05, 0.1) is 0 Å². The molecule has 0 aromatic heterocycles. The molecule has 0 radical (unpaired) electrons. The van der Waals surface area contributed by atoms with Crippen molar-refractivity contribution in [1.29, 1.82) is 0 Å². The molecule has 1 fully saturated rings. The maximum Gasteiger partial charge on any atom is 0.212 e. The summed E-state index contributed by atoms with van der Waals surface area (Å²) in [6, 6.07) is 0. The highest BCUT2D eigenvalue weighted by Crippen LogP contribution is 2.46. The summed E-state index contributed by atoms with van der Waals surface area (Å²) in [5.74, 6) is 0. The molecular formula is C5H8ClFO. The molecule has 0 aliphatic heterocycles. The van der Waals surface area contributed by atoms with Crippen LogP contribution in [0.3, 0.4) is 0 Å². The van der Waals surface area contributed by atoms with Gasteiger partial charge in [-0.15, -0.1) is 0 Å². The van der Waals surface area contributed by atoms with Crippen LogP contribution in [0.4, 0.5) is 4.39 Å². The van der Waals surface area contributed by atoms with Gasteiger partial charge in [-0.2, -0.15) is 0 Å². The van der Waals surface area contributed by atoms with Crippen molar-refractivity contribution in [3.05, 3.63) is 0 Å². The van der Waals surface area contributed by atoms with Crippen LogP contribution in [0.15, 0.2) is 0 Å². The Balaban J connectivity index is 2.17. The van der Waals surface area contributed by atoms with Crippen LogP contribution in [0.5, 0.6) is 0 Å². The average Bonchev–Trinajstić information content (AvgIpc) is 2.15. The van der Waals surface area contributed by atoms with E-state index in [0.29, 0.717) is 13.0 Å². The highest BCUT2D eigenvalue weighted by molar-refractivity contribution is 6.25. The van der Waals surface area contributed by atoms with E-state index in [1.165, 1.54) is 0 Å². The van der Waals surface area contributed by atoms with E-state index >= 15 is 0 Å². The van der Waals surface area contributed by atoms with Gasteiger partial charge in [-0.05, 0) is 6.92 Å². The molecule has 0 N–H and O–H groups in total. The van der Waals surface area contributed by atoms with Crippen LogP contribution in [0.1, 0.15) is 13.3 Å². The lowest BCUT2D eigenvalue weighted by molar-refractivity contribution is 0.106. The third-order valence-electron chi connectivity index (χ3n) is 1.14. The molecule has 2 atom stereocenters. The molecule has 0 amide bonds. The molecule has 1 nitrogen and oxygen atoms in total. The number of hydrogen-bond donors (Lipinski definition) is 0. The van der Waals surface area contributed by atoms with Crippen LogP contribution in [-0.2, 0) is 4.74 Å². The molecule has 48 valence electrons. The van der Waals surface area contributed by atoms with Crippen molar-refractivity contribution >= 4 is 11.6 Å². The molecule has 1 aliphatic rings. The molecule has 1 aliphatic carbocycles. The topological polar surface area (TPSA) is 9.23 Å². The molecule has 0 saturated heterocycles. The Labute approximate surface area is 52.8 Å². The lowest BCUT2D eigenvalue weighted by Gasteiger charge is -1.95. The summed E-state index contributed by atoms with van der Waals surface area (Å²) in [5, 5.41) is -1.53. The second kappa shape index (κ2) is 1.85. The van der Waals surface area contributed by atoms with Gasteiger partial charge in [-0.3, -0.25) is 0 Å². The summed E-state index contributed by atoms with van der Waals surface area (Å²) >= 11 is 5.19. The Morgan fingerprint density at radius 2 is 2.50 bits per heavy atom.